The van der Waals surface area contributed by atoms with E-state index in [0.29, 0.717) is 26.2 Å². The first kappa shape index (κ1) is 13.1. The van der Waals surface area contributed by atoms with Crippen molar-refractivity contribution in [1.82, 2.24) is 10.2 Å². The molecule has 0 saturated carbocycles. The molecule has 1 amide bonds. The van der Waals surface area contributed by atoms with Crippen LogP contribution in [-0.4, -0.2) is 43.7 Å². The maximum atomic E-state index is 11.5. The molecule has 0 bridgehead atoms. The summed E-state index contributed by atoms with van der Waals surface area (Å²) in [4.78, 5) is 13.7. The number of nitrogens with one attached hydrogen (secondary N) is 1. The molecule has 0 aliphatic carbocycles. The summed E-state index contributed by atoms with van der Waals surface area (Å²) < 4.78 is 11.0. The molecular formula is C13H20N2O3. The molecule has 1 N–H and O–H groups in total. The van der Waals surface area contributed by atoms with Crippen LogP contribution in [0.25, 0.3) is 0 Å². The van der Waals surface area contributed by atoms with Gasteiger partial charge in [0.25, 0.3) is 0 Å². The number of carbonyl (C=O) groups is 1. The van der Waals surface area contributed by atoms with Gasteiger partial charge in [-0.2, -0.15) is 0 Å². The summed E-state index contributed by atoms with van der Waals surface area (Å²) >= 11 is 0. The minimum absolute atomic E-state index is 0.0844. The Morgan fingerprint density at radius 2 is 2.22 bits per heavy atom. The Kier molecular flexibility index (Phi) is 4.78. The van der Waals surface area contributed by atoms with Gasteiger partial charge in [-0.05, 0) is 19.1 Å². The molecular weight excluding hydrogens is 232 g/mol. The molecule has 100 valence electrons. The van der Waals surface area contributed by atoms with Crippen molar-refractivity contribution >= 4 is 5.91 Å². The number of hydrogen-bond acceptors (Lipinski definition) is 4. The highest BCUT2D eigenvalue weighted by Crippen LogP contribution is 2.10. The van der Waals surface area contributed by atoms with Gasteiger partial charge in [0, 0.05) is 26.1 Å². The highest BCUT2D eigenvalue weighted by Gasteiger charge is 2.12. The van der Waals surface area contributed by atoms with Gasteiger partial charge in [0.2, 0.25) is 5.91 Å². The van der Waals surface area contributed by atoms with Crippen molar-refractivity contribution < 1.29 is 13.9 Å². The summed E-state index contributed by atoms with van der Waals surface area (Å²) in [6.07, 6.45) is 0.527. The predicted octanol–water partition coefficient (Wildman–Crippen LogP) is 0.927. The van der Waals surface area contributed by atoms with Gasteiger partial charge in [0.15, 0.2) is 0 Å². The molecule has 2 heterocycles. The molecule has 2 rings (SSSR count). The second kappa shape index (κ2) is 6.56. The first-order valence-electron chi connectivity index (χ1n) is 6.36. The lowest BCUT2D eigenvalue weighted by Gasteiger charge is -2.22. The van der Waals surface area contributed by atoms with Gasteiger partial charge < -0.3 is 14.5 Å². The van der Waals surface area contributed by atoms with Crippen molar-refractivity contribution in [3.05, 3.63) is 23.7 Å². The van der Waals surface area contributed by atoms with Crippen LogP contribution in [0.2, 0.25) is 0 Å². The summed E-state index contributed by atoms with van der Waals surface area (Å²) in [6, 6.07) is 3.94. The van der Waals surface area contributed by atoms with E-state index in [2.05, 4.69) is 10.2 Å². The van der Waals surface area contributed by atoms with Gasteiger partial charge in [0.1, 0.15) is 11.5 Å². The fourth-order valence-electron chi connectivity index (χ4n) is 1.97. The van der Waals surface area contributed by atoms with Gasteiger partial charge in [0.05, 0.1) is 19.8 Å². The van der Waals surface area contributed by atoms with E-state index in [-0.39, 0.29) is 5.91 Å². The molecule has 1 aliphatic heterocycles. The molecule has 1 fully saturated rings. The molecule has 5 nitrogen and oxygen atoms in total. The average molecular weight is 252 g/mol. The fraction of sp³-hybridized carbons (Fsp3) is 0.615. The number of rotatable bonds is 2. The minimum Gasteiger partial charge on any atom is -0.465 e. The lowest BCUT2D eigenvalue weighted by atomic mass is 10.3. The fourth-order valence-corrected chi connectivity index (χ4v) is 1.97. The molecule has 0 spiro atoms. The van der Waals surface area contributed by atoms with Crippen LogP contribution >= 0.6 is 0 Å². The normalized spacial score (nSPS) is 19.5. The second-order valence-electron chi connectivity index (χ2n) is 4.50. The summed E-state index contributed by atoms with van der Waals surface area (Å²) in [5.41, 5.74) is 0. The first-order chi connectivity index (χ1) is 8.74. The van der Waals surface area contributed by atoms with Crippen molar-refractivity contribution in [1.29, 1.82) is 0 Å². The van der Waals surface area contributed by atoms with E-state index in [1.54, 1.807) is 0 Å². The molecule has 0 atom stereocenters. The summed E-state index contributed by atoms with van der Waals surface area (Å²) in [5.74, 6) is 1.94. The van der Waals surface area contributed by atoms with Crippen molar-refractivity contribution in [2.45, 2.75) is 19.9 Å². The minimum atomic E-state index is 0.0844. The third-order valence-electron chi connectivity index (χ3n) is 2.95. The SMILES string of the molecule is Cc1ccc(CN2CCOCCNC(=O)CC2)o1. The number of amides is 1. The Morgan fingerprint density at radius 3 is 3.00 bits per heavy atom. The maximum absolute atomic E-state index is 11.5. The Morgan fingerprint density at radius 1 is 1.33 bits per heavy atom. The summed E-state index contributed by atoms with van der Waals surface area (Å²) in [7, 11) is 0. The third-order valence-corrected chi connectivity index (χ3v) is 2.95. The highest BCUT2D eigenvalue weighted by molar-refractivity contribution is 5.76. The zero-order valence-corrected chi connectivity index (χ0v) is 10.8. The van der Waals surface area contributed by atoms with Crippen LogP contribution in [0.15, 0.2) is 16.5 Å². The van der Waals surface area contributed by atoms with E-state index >= 15 is 0 Å². The Labute approximate surface area is 107 Å². The number of carbonyl (C=O) groups excluding carboxylic acids is 1. The van der Waals surface area contributed by atoms with E-state index in [4.69, 9.17) is 9.15 Å². The van der Waals surface area contributed by atoms with Crippen LogP contribution in [0.5, 0.6) is 0 Å². The Hall–Kier alpha value is -1.33. The van der Waals surface area contributed by atoms with E-state index < -0.39 is 0 Å². The number of ether oxygens (including phenoxy) is 1. The molecule has 1 aromatic heterocycles. The quantitative estimate of drug-likeness (QED) is 0.850. The van der Waals surface area contributed by atoms with Crippen molar-refractivity contribution in [3.8, 4) is 0 Å². The lowest BCUT2D eigenvalue weighted by Crippen LogP contribution is -2.36. The molecule has 0 unspecified atom stereocenters. The molecule has 1 saturated heterocycles. The zero-order chi connectivity index (χ0) is 12.8. The van der Waals surface area contributed by atoms with E-state index in [1.165, 1.54) is 0 Å². The van der Waals surface area contributed by atoms with Gasteiger partial charge in [-0.3, -0.25) is 9.69 Å². The molecule has 1 aliphatic rings. The second-order valence-corrected chi connectivity index (χ2v) is 4.50. The van der Waals surface area contributed by atoms with Gasteiger partial charge in [-0.25, -0.2) is 0 Å². The van der Waals surface area contributed by atoms with Crippen LogP contribution in [0.3, 0.4) is 0 Å². The van der Waals surface area contributed by atoms with Gasteiger partial charge in [-0.15, -0.1) is 0 Å². The van der Waals surface area contributed by atoms with Crippen molar-refractivity contribution in [2.24, 2.45) is 0 Å². The van der Waals surface area contributed by atoms with Crippen LogP contribution in [-0.2, 0) is 16.1 Å². The Balaban J connectivity index is 1.89. The first-order valence-corrected chi connectivity index (χ1v) is 6.36. The topological polar surface area (TPSA) is 54.7 Å². The standard InChI is InChI=1S/C13H20N2O3/c1-11-2-3-12(18-11)10-15-6-4-13(16)14-5-8-17-9-7-15/h2-3H,4-10H2,1H3,(H,14,16). The average Bonchev–Trinajstić information content (AvgIpc) is 2.75. The number of hydrogen-bond donors (Lipinski definition) is 1. The molecule has 5 heteroatoms. The maximum Gasteiger partial charge on any atom is 0.221 e. The Bertz CT molecular complexity index is 389. The van der Waals surface area contributed by atoms with Gasteiger partial charge >= 0.3 is 0 Å². The monoisotopic (exact) mass is 252 g/mol. The van der Waals surface area contributed by atoms with Gasteiger partial charge in [-0.1, -0.05) is 0 Å². The van der Waals surface area contributed by atoms with Crippen LogP contribution in [0.1, 0.15) is 17.9 Å². The lowest BCUT2D eigenvalue weighted by molar-refractivity contribution is -0.122. The number of aryl methyl sites for hydroxylation is 1. The molecule has 0 aromatic carbocycles. The largest absolute Gasteiger partial charge is 0.465 e. The van der Waals surface area contributed by atoms with Crippen LogP contribution < -0.4 is 5.32 Å². The third kappa shape index (κ3) is 4.16. The summed E-state index contributed by atoms with van der Waals surface area (Å²) in [5, 5.41) is 2.83. The predicted molar refractivity (Wildman–Crippen MR) is 67.2 cm³/mol. The smallest absolute Gasteiger partial charge is 0.221 e. The zero-order valence-electron chi connectivity index (χ0n) is 10.8. The molecule has 1 aromatic rings. The van der Waals surface area contributed by atoms with Crippen LogP contribution in [0, 0.1) is 6.92 Å². The number of furan rings is 1. The summed E-state index contributed by atoms with van der Waals surface area (Å²) in [6.45, 7) is 6.10. The highest BCUT2D eigenvalue weighted by atomic mass is 16.5. The van der Waals surface area contributed by atoms with E-state index in [0.717, 1.165) is 31.2 Å². The number of nitrogens with zero attached hydrogens (tertiary/aromatic N) is 1. The van der Waals surface area contributed by atoms with Crippen molar-refractivity contribution in [2.75, 3.05) is 32.8 Å². The van der Waals surface area contributed by atoms with E-state index in [9.17, 15) is 4.79 Å². The molecule has 0 radical (unpaired) electrons. The van der Waals surface area contributed by atoms with Crippen molar-refractivity contribution in [3.63, 3.8) is 0 Å². The van der Waals surface area contributed by atoms with Crippen LogP contribution in [0.4, 0.5) is 0 Å². The molecule has 18 heavy (non-hydrogen) atoms. The van der Waals surface area contributed by atoms with E-state index in [1.807, 2.05) is 19.1 Å².